The molecule has 0 bridgehead atoms. The largest absolute Gasteiger partial charge is 0.324 e. The van der Waals surface area contributed by atoms with Crippen molar-refractivity contribution in [1.82, 2.24) is 20.2 Å². The van der Waals surface area contributed by atoms with E-state index in [1.54, 1.807) is 0 Å². The molecule has 0 aliphatic heterocycles. The molecule has 0 radical (unpaired) electrons. The molecule has 0 spiro atoms. The number of hydrogen-bond acceptors (Lipinski definition) is 4. The SMILES string of the molecule is O=C(Nc1cccc(Br)c1)[C@@H](c1ccccc1)n1cnnn1. The van der Waals surface area contributed by atoms with Crippen LogP contribution in [0.5, 0.6) is 0 Å². The zero-order valence-electron chi connectivity index (χ0n) is 11.4. The summed E-state index contributed by atoms with van der Waals surface area (Å²) < 4.78 is 2.33. The van der Waals surface area contributed by atoms with Crippen LogP contribution in [-0.2, 0) is 4.79 Å². The van der Waals surface area contributed by atoms with E-state index in [1.165, 1.54) is 11.0 Å². The minimum absolute atomic E-state index is 0.211. The van der Waals surface area contributed by atoms with Crippen LogP contribution in [0.1, 0.15) is 11.6 Å². The first kappa shape index (κ1) is 14.4. The molecule has 3 rings (SSSR count). The summed E-state index contributed by atoms with van der Waals surface area (Å²) in [6.45, 7) is 0. The highest BCUT2D eigenvalue weighted by Gasteiger charge is 2.23. The second kappa shape index (κ2) is 6.48. The molecule has 1 aromatic heterocycles. The second-order valence-electron chi connectivity index (χ2n) is 4.60. The number of carbonyl (C=O) groups excluding carboxylic acids is 1. The Bertz CT molecular complexity index is 761. The Labute approximate surface area is 135 Å². The van der Waals surface area contributed by atoms with Gasteiger partial charge in [-0.2, -0.15) is 0 Å². The molecule has 1 amide bonds. The van der Waals surface area contributed by atoms with Crippen molar-refractivity contribution in [2.75, 3.05) is 5.32 Å². The van der Waals surface area contributed by atoms with E-state index in [0.29, 0.717) is 5.69 Å². The van der Waals surface area contributed by atoms with Gasteiger partial charge in [-0.05, 0) is 34.2 Å². The summed E-state index contributed by atoms with van der Waals surface area (Å²) in [5.41, 5.74) is 1.51. The molecule has 2 aromatic carbocycles. The fourth-order valence-corrected chi connectivity index (χ4v) is 2.52. The maximum absolute atomic E-state index is 12.7. The summed E-state index contributed by atoms with van der Waals surface area (Å²) in [6, 6.07) is 16.2. The van der Waals surface area contributed by atoms with E-state index in [2.05, 4.69) is 36.8 Å². The van der Waals surface area contributed by atoms with Gasteiger partial charge in [-0.25, -0.2) is 4.68 Å². The standard InChI is InChI=1S/C15H12BrN5O/c16-12-7-4-8-13(9-12)18-15(22)14(21-10-17-19-20-21)11-5-2-1-3-6-11/h1-10,14H,(H,18,22)/t14-/m1/s1. The molecule has 6 nitrogen and oxygen atoms in total. The van der Waals surface area contributed by atoms with Crippen molar-refractivity contribution >= 4 is 27.5 Å². The quantitative estimate of drug-likeness (QED) is 0.778. The normalized spacial score (nSPS) is 11.9. The van der Waals surface area contributed by atoms with Gasteiger partial charge in [0.25, 0.3) is 5.91 Å². The van der Waals surface area contributed by atoms with Gasteiger partial charge in [0.1, 0.15) is 6.33 Å². The van der Waals surface area contributed by atoms with Crippen molar-refractivity contribution in [2.24, 2.45) is 0 Å². The van der Waals surface area contributed by atoms with E-state index < -0.39 is 6.04 Å². The third-order valence-electron chi connectivity index (χ3n) is 3.09. The first-order valence-corrected chi connectivity index (χ1v) is 7.37. The Kier molecular flexibility index (Phi) is 4.24. The molecule has 0 aliphatic rings. The number of anilines is 1. The molecule has 7 heteroatoms. The maximum atomic E-state index is 12.7. The molecule has 0 fully saturated rings. The Morgan fingerprint density at radius 2 is 1.95 bits per heavy atom. The number of aromatic nitrogens is 4. The maximum Gasteiger partial charge on any atom is 0.253 e. The highest BCUT2D eigenvalue weighted by atomic mass is 79.9. The van der Waals surface area contributed by atoms with Gasteiger partial charge >= 0.3 is 0 Å². The number of nitrogens with one attached hydrogen (secondary N) is 1. The van der Waals surface area contributed by atoms with Crippen LogP contribution in [0.4, 0.5) is 5.69 Å². The van der Waals surface area contributed by atoms with E-state index in [1.807, 2.05) is 54.6 Å². The predicted octanol–water partition coefficient (Wildman–Crippen LogP) is 2.66. The number of benzene rings is 2. The van der Waals surface area contributed by atoms with Gasteiger partial charge in [0.2, 0.25) is 0 Å². The number of hydrogen-bond donors (Lipinski definition) is 1. The molecule has 22 heavy (non-hydrogen) atoms. The van der Waals surface area contributed by atoms with Gasteiger partial charge in [-0.15, -0.1) is 5.10 Å². The zero-order valence-corrected chi connectivity index (χ0v) is 13.0. The van der Waals surface area contributed by atoms with Crippen molar-refractivity contribution in [3.63, 3.8) is 0 Å². The lowest BCUT2D eigenvalue weighted by molar-refractivity contribution is -0.118. The minimum Gasteiger partial charge on any atom is -0.324 e. The summed E-state index contributed by atoms with van der Waals surface area (Å²) in [6.07, 6.45) is 1.43. The third kappa shape index (κ3) is 3.20. The molecular formula is C15H12BrN5O. The summed E-state index contributed by atoms with van der Waals surface area (Å²) in [5, 5.41) is 14.0. The minimum atomic E-state index is -0.629. The summed E-state index contributed by atoms with van der Waals surface area (Å²) in [7, 11) is 0. The lowest BCUT2D eigenvalue weighted by Gasteiger charge is -2.16. The fourth-order valence-electron chi connectivity index (χ4n) is 2.12. The molecule has 3 aromatic rings. The third-order valence-corrected chi connectivity index (χ3v) is 3.58. The molecule has 1 atom stereocenters. The Hall–Kier alpha value is -2.54. The predicted molar refractivity (Wildman–Crippen MR) is 85.2 cm³/mol. The molecule has 0 saturated carbocycles. The van der Waals surface area contributed by atoms with Crippen LogP contribution in [0.15, 0.2) is 65.4 Å². The van der Waals surface area contributed by atoms with Gasteiger partial charge in [-0.3, -0.25) is 4.79 Å². The smallest absolute Gasteiger partial charge is 0.253 e. The van der Waals surface area contributed by atoms with Crippen LogP contribution in [0.2, 0.25) is 0 Å². The summed E-state index contributed by atoms with van der Waals surface area (Å²) in [4.78, 5) is 12.7. The number of nitrogens with zero attached hydrogens (tertiary/aromatic N) is 4. The van der Waals surface area contributed by atoms with Crippen LogP contribution in [0, 0.1) is 0 Å². The van der Waals surface area contributed by atoms with Crippen LogP contribution < -0.4 is 5.32 Å². The van der Waals surface area contributed by atoms with E-state index in [-0.39, 0.29) is 5.91 Å². The Morgan fingerprint density at radius 1 is 1.14 bits per heavy atom. The zero-order chi connectivity index (χ0) is 15.4. The van der Waals surface area contributed by atoms with Gasteiger partial charge in [0.05, 0.1) is 0 Å². The molecule has 0 saturated heterocycles. The first-order valence-electron chi connectivity index (χ1n) is 6.58. The van der Waals surface area contributed by atoms with Crippen LogP contribution >= 0.6 is 15.9 Å². The van der Waals surface area contributed by atoms with Crippen molar-refractivity contribution < 1.29 is 4.79 Å². The lowest BCUT2D eigenvalue weighted by Crippen LogP contribution is -2.27. The average molecular weight is 358 g/mol. The molecule has 0 unspecified atom stereocenters. The molecule has 1 heterocycles. The van der Waals surface area contributed by atoms with Gasteiger partial charge in [-0.1, -0.05) is 52.3 Å². The van der Waals surface area contributed by atoms with E-state index in [9.17, 15) is 4.79 Å². The van der Waals surface area contributed by atoms with Crippen LogP contribution in [-0.4, -0.2) is 26.1 Å². The van der Waals surface area contributed by atoms with Crippen molar-refractivity contribution in [3.8, 4) is 0 Å². The number of amides is 1. The van der Waals surface area contributed by atoms with Crippen molar-refractivity contribution in [2.45, 2.75) is 6.04 Å². The molecule has 0 aliphatic carbocycles. The second-order valence-corrected chi connectivity index (χ2v) is 5.52. The number of rotatable bonds is 4. The fraction of sp³-hybridized carbons (Fsp3) is 0.0667. The molecule has 1 N–H and O–H groups in total. The monoisotopic (exact) mass is 357 g/mol. The Balaban J connectivity index is 1.91. The van der Waals surface area contributed by atoms with Gasteiger partial charge in [0.15, 0.2) is 6.04 Å². The van der Waals surface area contributed by atoms with E-state index in [4.69, 9.17) is 0 Å². The van der Waals surface area contributed by atoms with Crippen LogP contribution in [0.3, 0.4) is 0 Å². The van der Waals surface area contributed by atoms with E-state index >= 15 is 0 Å². The average Bonchev–Trinajstić information content (AvgIpc) is 3.02. The lowest BCUT2D eigenvalue weighted by atomic mass is 10.1. The highest BCUT2D eigenvalue weighted by Crippen LogP contribution is 2.21. The number of carbonyl (C=O) groups is 1. The Morgan fingerprint density at radius 3 is 2.64 bits per heavy atom. The van der Waals surface area contributed by atoms with Crippen LogP contribution in [0.25, 0.3) is 0 Å². The topological polar surface area (TPSA) is 72.7 Å². The number of tetrazole rings is 1. The molecule has 110 valence electrons. The summed E-state index contributed by atoms with van der Waals surface area (Å²) in [5.74, 6) is -0.211. The summed E-state index contributed by atoms with van der Waals surface area (Å²) >= 11 is 3.38. The molecular weight excluding hydrogens is 346 g/mol. The van der Waals surface area contributed by atoms with E-state index in [0.717, 1.165) is 10.0 Å². The highest BCUT2D eigenvalue weighted by molar-refractivity contribution is 9.10. The van der Waals surface area contributed by atoms with Crippen molar-refractivity contribution in [3.05, 3.63) is 71.0 Å². The number of halogens is 1. The van der Waals surface area contributed by atoms with Gasteiger partial charge in [0, 0.05) is 10.2 Å². The first-order chi connectivity index (χ1) is 10.7. The van der Waals surface area contributed by atoms with Crippen molar-refractivity contribution in [1.29, 1.82) is 0 Å². The van der Waals surface area contributed by atoms with Gasteiger partial charge < -0.3 is 5.32 Å².